The highest BCUT2D eigenvalue weighted by Gasteiger charge is 2.07. The zero-order chi connectivity index (χ0) is 11.2. The average molecular weight is 210 g/mol. The van der Waals surface area contributed by atoms with Crippen molar-refractivity contribution in [3.05, 3.63) is 0 Å². The Kier molecular flexibility index (Phi) is 5.40. The van der Waals surface area contributed by atoms with Crippen molar-refractivity contribution in [1.29, 1.82) is 0 Å². The molecule has 0 aromatic heterocycles. The van der Waals surface area contributed by atoms with E-state index in [-0.39, 0.29) is 18.0 Å². The number of ketones is 2. The lowest BCUT2D eigenvalue weighted by atomic mass is 10.1. The molecular weight excluding hydrogens is 192 g/mol. The van der Waals surface area contributed by atoms with Gasteiger partial charge in [0.25, 0.3) is 0 Å². The fourth-order valence-corrected chi connectivity index (χ4v) is 1.55. The third-order valence-corrected chi connectivity index (χ3v) is 2.37. The Bertz CT molecular complexity index is 276. The first-order valence-electron chi connectivity index (χ1n) is 4.82. The maximum atomic E-state index is 11.1. The molecule has 0 rings (SSSR count). The Hall–Kier alpha value is -0.883. The summed E-state index contributed by atoms with van der Waals surface area (Å²) >= 11 is 0. The third kappa shape index (κ3) is 9.21. The Morgan fingerprint density at radius 2 is 1.79 bits per heavy atom. The molecule has 14 heavy (non-hydrogen) atoms. The molecular formula is C11H18O2Si. The second kappa shape index (κ2) is 5.76. The van der Waals surface area contributed by atoms with Crippen LogP contribution in [0.1, 0.15) is 26.2 Å². The molecule has 0 bridgehead atoms. The Morgan fingerprint density at radius 3 is 2.21 bits per heavy atom. The van der Waals surface area contributed by atoms with Crippen molar-refractivity contribution < 1.29 is 9.59 Å². The fourth-order valence-electron chi connectivity index (χ4n) is 0.896. The number of carbonyl (C=O) groups excluding carboxylic acids is 2. The summed E-state index contributed by atoms with van der Waals surface area (Å²) in [5.41, 5.74) is 3.18. The summed E-state index contributed by atoms with van der Waals surface area (Å²) in [7, 11) is -1.30. The molecule has 0 atom stereocenters. The van der Waals surface area contributed by atoms with Crippen LogP contribution in [0.2, 0.25) is 19.6 Å². The molecule has 0 heterocycles. The summed E-state index contributed by atoms with van der Waals surface area (Å²) in [6.07, 6.45) is 1.07. The van der Waals surface area contributed by atoms with E-state index in [1.807, 2.05) is 0 Å². The molecule has 0 radical (unpaired) electrons. The summed E-state index contributed by atoms with van der Waals surface area (Å²) in [6, 6.07) is 0. The van der Waals surface area contributed by atoms with Crippen molar-refractivity contribution in [2.75, 3.05) is 0 Å². The van der Waals surface area contributed by atoms with Crippen molar-refractivity contribution >= 4 is 19.6 Å². The Morgan fingerprint density at radius 1 is 1.21 bits per heavy atom. The van der Waals surface area contributed by atoms with Gasteiger partial charge in [-0.15, -0.1) is 11.5 Å². The van der Waals surface area contributed by atoms with Crippen LogP contribution < -0.4 is 0 Å². The molecule has 0 N–H and O–H groups in total. The fraction of sp³-hybridized carbons (Fsp3) is 0.636. The monoisotopic (exact) mass is 210 g/mol. The Balaban J connectivity index is 3.78. The molecule has 2 nitrogen and oxygen atoms in total. The number of carbonyl (C=O) groups is 2. The van der Waals surface area contributed by atoms with Crippen LogP contribution in [0.25, 0.3) is 0 Å². The Labute approximate surface area is 87.1 Å². The van der Waals surface area contributed by atoms with Gasteiger partial charge < -0.3 is 0 Å². The summed E-state index contributed by atoms with van der Waals surface area (Å²) in [5.74, 6) is 2.95. The first-order valence-corrected chi connectivity index (χ1v) is 8.32. The highest BCUT2D eigenvalue weighted by molar-refractivity contribution is 6.83. The van der Waals surface area contributed by atoms with E-state index in [2.05, 4.69) is 31.1 Å². The number of Topliss-reactive ketones (excluding diaryl/α,β-unsaturated/α-hetero) is 2. The van der Waals surface area contributed by atoms with E-state index in [9.17, 15) is 9.59 Å². The molecule has 0 aromatic carbocycles. The molecule has 0 unspecified atom stereocenters. The van der Waals surface area contributed by atoms with Crippen LogP contribution in [0.5, 0.6) is 0 Å². The second-order valence-electron chi connectivity index (χ2n) is 4.47. The zero-order valence-corrected chi connectivity index (χ0v) is 10.4. The van der Waals surface area contributed by atoms with E-state index in [0.29, 0.717) is 12.8 Å². The van der Waals surface area contributed by atoms with Crippen LogP contribution in [0.3, 0.4) is 0 Å². The van der Waals surface area contributed by atoms with Gasteiger partial charge in [-0.2, -0.15) is 0 Å². The molecule has 0 aromatic rings. The highest BCUT2D eigenvalue weighted by Crippen LogP contribution is 1.99. The normalized spacial score (nSPS) is 10.3. The van der Waals surface area contributed by atoms with Crippen LogP contribution in [0.15, 0.2) is 0 Å². The van der Waals surface area contributed by atoms with Gasteiger partial charge in [0.1, 0.15) is 19.6 Å². The maximum Gasteiger partial charge on any atom is 0.141 e. The number of hydrogen-bond acceptors (Lipinski definition) is 2. The van der Waals surface area contributed by atoms with Crippen LogP contribution in [0, 0.1) is 11.5 Å². The lowest BCUT2D eigenvalue weighted by Crippen LogP contribution is -2.16. The van der Waals surface area contributed by atoms with Gasteiger partial charge in [0, 0.05) is 12.8 Å². The summed E-state index contributed by atoms with van der Waals surface area (Å²) < 4.78 is 0. The molecule has 0 aliphatic rings. The molecule has 0 aliphatic heterocycles. The van der Waals surface area contributed by atoms with Crippen molar-refractivity contribution in [3.8, 4) is 11.5 Å². The number of hydrogen-bond donors (Lipinski definition) is 0. The first-order chi connectivity index (χ1) is 6.31. The van der Waals surface area contributed by atoms with Crippen LogP contribution in [-0.2, 0) is 9.59 Å². The van der Waals surface area contributed by atoms with Gasteiger partial charge >= 0.3 is 0 Å². The lowest BCUT2D eigenvalue weighted by Gasteiger charge is -2.03. The van der Waals surface area contributed by atoms with Crippen LogP contribution in [0.4, 0.5) is 0 Å². The second-order valence-corrected chi connectivity index (χ2v) is 9.22. The average Bonchev–Trinajstić information content (AvgIpc) is 1.95. The maximum absolute atomic E-state index is 11.1. The van der Waals surface area contributed by atoms with E-state index >= 15 is 0 Å². The van der Waals surface area contributed by atoms with Crippen LogP contribution >= 0.6 is 0 Å². The van der Waals surface area contributed by atoms with Gasteiger partial charge in [0.05, 0.1) is 6.42 Å². The standard InChI is InChI=1S/C11H18O2Si/c1-10(12)9-11(13)7-5-6-8-14(2,3)4/h5,7,9H2,1-4H3. The van der Waals surface area contributed by atoms with Crippen molar-refractivity contribution in [3.63, 3.8) is 0 Å². The van der Waals surface area contributed by atoms with Crippen LogP contribution in [-0.4, -0.2) is 19.6 Å². The van der Waals surface area contributed by atoms with Gasteiger partial charge in [-0.05, 0) is 6.92 Å². The van der Waals surface area contributed by atoms with E-state index in [4.69, 9.17) is 0 Å². The van der Waals surface area contributed by atoms with Gasteiger partial charge in [0.15, 0.2) is 0 Å². The summed E-state index contributed by atoms with van der Waals surface area (Å²) in [4.78, 5) is 21.7. The SMILES string of the molecule is CC(=O)CC(=O)CCC#C[Si](C)(C)C. The minimum Gasteiger partial charge on any atom is -0.300 e. The predicted octanol–water partition coefficient (Wildman–Crippen LogP) is 2.20. The van der Waals surface area contributed by atoms with Crippen molar-refractivity contribution in [2.45, 2.75) is 45.8 Å². The minimum absolute atomic E-state index is 0.00220. The molecule has 0 saturated carbocycles. The van der Waals surface area contributed by atoms with Crippen molar-refractivity contribution in [1.82, 2.24) is 0 Å². The molecule has 0 aliphatic carbocycles. The third-order valence-electron chi connectivity index (χ3n) is 1.44. The van der Waals surface area contributed by atoms with Gasteiger partial charge in [-0.3, -0.25) is 9.59 Å². The largest absolute Gasteiger partial charge is 0.300 e. The van der Waals surface area contributed by atoms with Gasteiger partial charge in [-0.1, -0.05) is 19.6 Å². The quantitative estimate of drug-likeness (QED) is 0.405. The smallest absolute Gasteiger partial charge is 0.141 e. The van der Waals surface area contributed by atoms with Crippen molar-refractivity contribution in [2.24, 2.45) is 0 Å². The summed E-state index contributed by atoms with van der Waals surface area (Å²) in [6.45, 7) is 7.93. The topological polar surface area (TPSA) is 34.1 Å². The number of rotatable bonds is 4. The molecule has 0 fully saturated rings. The molecule has 3 heteroatoms. The zero-order valence-electron chi connectivity index (χ0n) is 9.44. The summed E-state index contributed by atoms with van der Waals surface area (Å²) in [5, 5.41) is 0. The van der Waals surface area contributed by atoms with E-state index in [1.165, 1.54) is 6.92 Å². The first kappa shape index (κ1) is 13.1. The minimum atomic E-state index is -1.30. The van der Waals surface area contributed by atoms with E-state index in [1.54, 1.807) is 0 Å². The van der Waals surface area contributed by atoms with E-state index in [0.717, 1.165) is 0 Å². The lowest BCUT2D eigenvalue weighted by molar-refractivity contribution is -0.125. The molecule has 78 valence electrons. The van der Waals surface area contributed by atoms with Gasteiger partial charge in [0.2, 0.25) is 0 Å². The molecule has 0 amide bonds. The van der Waals surface area contributed by atoms with E-state index < -0.39 is 8.07 Å². The molecule has 0 spiro atoms. The van der Waals surface area contributed by atoms with Gasteiger partial charge in [-0.25, -0.2) is 0 Å². The highest BCUT2D eigenvalue weighted by atomic mass is 28.3. The predicted molar refractivity (Wildman–Crippen MR) is 60.7 cm³/mol. The molecule has 0 saturated heterocycles.